The molecule has 1 fully saturated rings. The average Bonchev–Trinajstić information content (AvgIpc) is 3.11. The van der Waals surface area contributed by atoms with Crippen LogP contribution in [0, 0.1) is 0 Å². The monoisotopic (exact) mass is 314 g/mol. The zero-order valence-corrected chi connectivity index (χ0v) is 12.1. The molecule has 8 heteroatoms. The van der Waals surface area contributed by atoms with Crippen LogP contribution in [0.25, 0.3) is 22.3 Å². The van der Waals surface area contributed by atoms with Gasteiger partial charge >= 0.3 is 0 Å². The molecule has 0 spiro atoms. The third-order valence-corrected chi connectivity index (χ3v) is 4.06. The Morgan fingerprint density at radius 2 is 2.09 bits per heavy atom. The first-order valence-corrected chi connectivity index (χ1v) is 7.25. The van der Waals surface area contributed by atoms with Gasteiger partial charge in [0, 0.05) is 30.7 Å². The molecule has 23 heavy (non-hydrogen) atoms. The van der Waals surface area contributed by atoms with Gasteiger partial charge in [0.1, 0.15) is 17.9 Å². The molecule has 0 bridgehead atoms. The number of hydrogen-bond acceptors (Lipinski definition) is 6. The number of nitrogens with zero attached hydrogens (tertiary/aromatic N) is 4. The summed E-state index contributed by atoms with van der Waals surface area (Å²) in [6.45, 7) is 0.396. The van der Waals surface area contributed by atoms with Gasteiger partial charge in [0.25, 0.3) is 0 Å². The van der Waals surface area contributed by atoms with Crippen molar-refractivity contribution in [2.75, 3.05) is 23.7 Å². The van der Waals surface area contributed by atoms with Crippen molar-refractivity contribution >= 4 is 22.7 Å². The fourth-order valence-electron chi connectivity index (χ4n) is 2.97. The molecule has 7 nitrogen and oxygen atoms in total. The Balaban J connectivity index is 1.88. The van der Waals surface area contributed by atoms with E-state index in [1.165, 1.54) is 0 Å². The van der Waals surface area contributed by atoms with E-state index in [1.54, 1.807) is 24.7 Å². The van der Waals surface area contributed by atoms with Crippen LogP contribution in [-0.2, 0) is 0 Å². The van der Waals surface area contributed by atoms with Gasteiger partial charge in [-0.05, 0) is 12.1 Å². The molecular weight excluding hydrogens is 299 g/mol. The van der Waals surface area contributed by atoms with E-state index in [-0.39, 0.29) is 19.0 Å². The Morgan fingerprint density at radius 3 is 2.83 bits per heavy atom. The number of nitrogen functional groups attached to an aromatic ring is 1. The minimum atomic E-state index is -1.25. The van der Waals surface area contributed by atoms with Crippen molar-refractivity contribution < 1.29 is 9.50 Å². The predicted molar refractivity (Wildman–Crippen MR) is 84.6 cm³/mol. The Bertz CT molecular complexity index is 856. The van der Waals surface area contributed by atoms with Crippen LogP contribution in [0.4, 0.5) is 16.0 Å². The Hall–Kier alpha value is -2.74. The minimum Gasteiger partial charge on any atom is -0.388 e. The van der Waals surface area contributed by atoms with E-state index in [1.807, 2.05) is 11.0 Å². The largest absolute Gasteiger partial charge is 0.388 e. The highest BCUT2D eigenvalue weighted by Crippen LogP contribution is 2.35. The first-order chi connectivity index (χ1) is 11.1. The molecule has 4 heterocycles. The molecule has 0 aliphatic carbocycles. The van der Waals surface area contributed by atoms with Gasteiger partial charge in [0.05, 0.1) is 23.3 Å². The van der Waals surface area contributed by atoms with E-state index in [0.29, 0.717) is 11.3 Å². The number of fused-ring (bicyclic) bond motifs is 1. The van der Waals surface area contributed by atoms with Crippen molar-refractivity contribution in [3.8, 4) is 11.3 Å². The Kier molecular flexibility index (Phi) is 3.12. The van der Waals surface area contributed by atoms with Crippen LogP contribution in [0.2, 0.25) is 0 Å². The SMILES string of the molecule is Nc1nccc(-c2c[nH]c3nccc(N4C[C@H](O)[C@@H](F)C4)c23)n1. The summed E-state index contributed by atoms with van der Waals surface area (Å²) in [5, 5.41) is 10.5. The van der Waals surface area contributed by atoms with Gasteiger partial charge < -0.3 is 20.7 Å². The second-order valence-corrected chi connectivity index (χ2v) is 5.54. The van der Waals surface area contributed by atoms with Crippen LogP contribution in [-0.4, -0.2) is 50.4 Å². The van der Waals surface area contributed by atoms with Gasteiger partial charge in [-0.1, -0.05) is 0 Å². The number of halogens is 1. The zero-order valence-electron chi connectivity index (χ0n) is 12.1. The molecule has 0 amide bonds. The van der Waals surface area contributed by atoms with Crippen molar-refractivity contribution in [3.05, 3.63) is 30.7 Å². The molecule has 1 saturated heterocycles. The molecule has 1 aliphatic heterocycles. The van der Waals surface area contributed by atoms with Crippen LogP contribution < -0.4 is 10.6 Å². The summed E-state index contributed by atoms with van der Waals surface area (Å²) < 4.78 is 13.7. The van der Waals surface area contributed by atoms with Crippen LogP contribution in [0.5, 0.6) is 0 Å². The van der Waals surface area contributed by atoms with Crippen LogP contribution >= 0.6 is 0 Å². The third kappa shape index (κ3) is 2.27. The number of aliphatic hydroxyl groups is 1. The van der Waals surface area contributed by atoms with E-state index in [4.69, 9.17) is 5.73 Å². The molecule has 1 aliphatic rings. The topological polar surface area (TPSA) is 104 Å². The van der Waals surface area contributed by atoms with Crippen LogP contribution in [0.1, 0.15) is 0 Å². The molecule has 4 N–H and O–H groups in total. The average molecular weight is 314 g/mol. The second-order valence-electron chi connectivity index (χ2n) is 5.54. The summed E-state index contributed by atoms with van der Waals surface area (Å²) in [6.07, 6.45) is 2.81. The van der Waals surface area contributed by atoms with Gasteiger partial charge in [-0.25, -0.2) is 19.3 Å². The number of hydrogen-bond donors (Lipinski definition) is 3. The first kappa shape index (κ1) is 13.9. The van der Waals surface area contributed by atoms with E-state index in [2.05, 4.69) is 19.9 Å². The highest BCUT2D eigenvalue weighted by molar-refractivity contribution is 6.02. The quantitative estimate of drug-likeness (QED) is 0.655. The normalized spacial score (nSPS) is 21.2. The van der Waals surface area contributed by atoms with Crippen molar-refractivity contribution in [1.82, 2.24) is 19.9 Å². The molecule has 3 aromatic heterocycles. The van der Waals surface area contributed by atoms with E-state index >= 15 is 0 Å². The maximum Gasteiger partial charge on any atom is 0.220 e. The molecule has 0 unspecified atom stereocenters. The minimum absolute atomic E-state index is 0.150. The van der Waals surface area contributed by atoms with E-state index in [0.717, 1.165) is 16.6 Å². The van der Waals surface area contributed by atoms with Gasteiger partial charge in [-0.15, -0.1) is 0 Å². The highest BCUT2D eigenvalue weighted by Gasteiger charge is 2.32. The number of anilines is 2. The molecule has 118 valence electrons. The molecule has 2 atom stereocenters. The number of rotatable bonds is 2. The fourth-order valence-corrected chi connectivity index (χ4v) is 2.97. The van der Waals surface area contributed by atoms with Crippen LogP contribution in [0.3, 0.4) is 0 Å². The van der Waals surface area contributed by atoms with Gasteiger partial charge in [-0.2, -0.15) is 0 Å². The lowest BCUT2D eigenvalue weighted by Gasteiger charge is -2.19. The Labute approximate surface area is 131 Å². The summed E-state index contributed by atoms with van der Waals surface area (Å²) in [4.78, 5) is 17.4. The molecule has 4 rings (SSSR count). The molecule has 3 aromatic rings. The summed E-state index contributed by atoms with van der Waals surface area (Å²) in [5.41, 5.74) is 8.62. The summed E-state index contributed by atoms with van der Waals surface area (Å²) in [5.74, 6) is 0.183. The van der Waals surface area contributed by atoms with Crippen LogP contribution in [0.15, 0.2) is 30.7 Å². The number of aliphatic hydroxyl groups excluding tert-OH is 1. The summed E-state index contributed by atoms with van der Waals surface area (Å²) >= 11 is 0. The number of aromatic nitrogens is 4. The number of pyridine rings is 1. The van der Waals surface area contributed by atoms with Gasteiger partial charge in [-0.3, -0.25) is 0 Å². The number of alkyl halides is 1. The first-order valence-electron chi connectivity index (χ1n) is 7.25. The number of β-amino-alcohol motifs (C(OH)–C–C–N with tert-alkyl or cyclic N) is 1. The lowest BCUT2D eigenvalue weighted by Crippen LogP contribution is -2.21. The number of nitrogens with two attached hydrogens (primary N) is 1. The standard InChI is InChI=1S/C15H15FN6O/c16-9-6-22(7-12(9)23)11-2-4-18-14-13(11)8(5-20-14)10-1-3-19-15(17)21-10/h1-5,9,12,23H,6-7H2,(H,18,20)(H2,17,19,21)/t9-,12-/m0/s1. The fraction of sp³-hybridized carbons (Fsp3) is 0.267. The number of aromatic amines is 1. The zero-order chi connectivity index (χ0) is 16.0. The Morgan fingerprint density at radius 1 is 1.26 bits per heavy atom. The van der Waals surface area contributed by atoms with Crippen molar-refractivity contribution in [1.29, 1.82) is 0 Å². The summed E-state index contributed by atoms with van der Waals surface area (Å²) in [7, 11) is 0. The molecule has 0 radical (unpaired) electrons. The van der Waals surface area contributed by atoms with Crippen molar-refractivity contribution in [3.63, 3.8) is 0 Å². The highest BCUT2D eigenvalue weighted by atomic mass is 19.1. The van der Waals surface area contributed by atoms with Crippen molar-refractivity contribution in [2.24, 2.45) is 0 Å². The smallest absolute Gasteiger partial charge is 0.220 e. The molecule has 0 saturated carbocycles. The van der Waals surface area contributed by atoms with E-state index < -0.39 is 12.3 Å². The maximum absolute atomic E-state index is 13.7. The van der Waals surface area contributed by atoms with Gasteiger partial charge in [0.2, 0.25) is 5.95 Å². The lowest BCUT2D eigenvalue weighted by atomic mass is 10.1. The predicted octanol–water partition coefficient (Wildman–Crippen LogP) is 1.12. The van der Waals surface area contributed by atoms with Crippen molar-refractivity contribution in [2.45, 2.75) is 12.3 Å². The number of nitrogens with one attached hydrogen (secondary N) is 1. The summed E-state index contributed by atoms with van der Waals surface area (Å²) in [6, 6.07) is 3.57. The van der Waals surface area contributed by atoms with E-state index in [9.17, 15) is 9.50 Å². The molecule has 0 aromatic carbocycles. The van der Waals surface area contributed by atoms with Gasteiger partial charge in [0.15, 0.2) is 0 Å². The maximum atomic E-state index is 13.7. The lowest BCUT2D eigenvalue weighted by molar-refractivity contribution is 0.118. The second kappa shape index (κ2) is 5.17. The molecular formula is C15H15FN6O. The number of H-pyrrole nitrogens is 1. The third-order valence-electron chi connectivity index (χ3n) is 4.06.